The van der Waals surface area contributed by atoms with Gasteiger partial charge >= 0.3 is 11.9 Å². The third-order valence-corrected chi connectivity index (χ3v) is 4.65. The summed E-state index contributed by atoms with van der Waals surface area (Å²) in [7, 11) is 2.45. The van der Waals surface area contributed by atoms with Gasteiger partial charge in [-0.25, -0.2) is 14.6 Å². The minimum absolute atomic E-state index is 0.0856. The lowest BCUT2D eigenvalue weighted by Gasteiger charge is -2.12. The van der Waals surface area contributed by atoms with Crippen molar-refractivity contribution in [3.63, 3.8) is 0 Å². The molecule has 0 aliphatic rings. The first-order valence-electron chi connectivity index (χ1n) is 9.49. The fourth-order valence-electron chi connectivity index (χ4n) is 3.07. The first-order valence-corrected chi connectivity index (χ1v) is 9.49. The van der Waals surface area contributed by atoms with Crippen LogP contribution in [0.4, 0.5) is 5.69 Å². The molecule has 0 saturated heterocycles. The maximum Gasteiger partial charge on any atom is 0.339 e. The van der Waals surface area contributed by atoms with Crippen molar-refractivity contribution in [2.45, 2.75) is 19.4 Å². The largest absolute Gasteiger partial charge is 0.465 e. The molecule has 0 aliphatic carbocycles. The van der Waals surface area contributed by atoms with E-state index in [4.69, 9.17) is 4.74 Å². The number of benzene rings is 2. The smallest absolute Gasteiger partial charge is 0.339 e. The van der Waals surface area contributed by atoms with Crippen LogP contribution in [-0.4, -0.2) is 41.6 Å². The van der Waals surface area contributed by atoms with Gasteiger partial charge < -0.3 is 14.8 Å². The van der Waals surface area contributed by atoms with E-state index in [2.05, 4.69) is 15.0 Å². The fraction of sp³-hybridized carbons (Fsp3) is 0.227. The van der Waals surface area contributed by atoms with Crippen molar-refractivity contribution in [1.82, 2.24) is 9.55 Å². The highest BCUT2D eigenvalue weighted by Gasteiger charge is 2.17. The predicted molar refractivity (Wildman–Crippen MR) is 113 cm³/mol. The van der Waals surface area contributed by atoms with E-state index >= 15 is 0 Å². The standard InChI is InChI=1S/C22H21N3O6/c1-30-21(28)14-9-10-16(22(29)31-2)18(12-14)24-19(26)8-5-11-25-13-23-17-7-4-3-6-15(17)20(25)27/h3-4,6-7,9-10,12-13H,5,8,11H2,1-2H3,(H,24,26). The molecule has 9 nitrogen and oxygen atoms in total. The van der Waals surface area contributed by atoms with E-state index in [0.29, 0.717) is 23.9 Å². The molecule has 0 spiro atoms. The Labute approximate surface area is 177 Å². The number of carbonyl (C=O) groups is 3. The lowest BCUT2D eigenvalue weighted by Crippen LogP contribution is -2.22. The average Bonchev–Trinajstić information content (AvgIpc) is 2.79. The molecule has 0 unspecified atom stereocenters. The van der Waals surface area contributed by atoms with E-state index in [0.717, 1.165) is 0 Å². The van der Waals surface area contributed by atoms with Crippen LogP contribution >= 0.6 is 0 Å². The number of anilines is 1. The molecule has 1 heterocycles. The lowest BCUT2D eigenvalue weighted by molar-refractivity contribution is -0.116. The summed E-state index contributed by atoms with van der Waals surface area (Å²) < 4.78 is 10.8. The zero-order valence-corrected chi connectivity index (χ0v) is 17.1. The van der Waals surface area contributed by atoms with E-state index in [1.165, 1.54) is 43.3 Å². The van der Waals surface area contributed by atoms with Crippen molar-refractivity contribution < 1.29 is 23.9 Å². The first-order chi connectivity index (χ1) is 14.9. The van der Waals surface area contributed by atoms with Gasteiger partial charge in [0.1, 0.15) is 0 Å². The van der Waals surface area contributed by atoms with Gasteiger partial charge in [0.05, 0.1) is 48.3 Å². The first kappa shape index (κ1) is 21.7. The van der Waals surface area contributed by atoms with Crippen molar-refractivity contribution in [3.8, 4) is 0 Å². The van der Waals surface area contributed by atoms with E-state index in [9.17, 15) is 19.2 Å². The van der Waals surface area contributed by atoms with Gasteiger partial charge in [0, 0.05) is 13.0 Å². The third-order valence-electron chi connectivity index (χ3n) is 4.65. The molecule has 3 aromatic rings. The van der Waals surface area contributed by atoms with E-state index < -0.39 is 11.9 Å². The second kappa shape index (κ2) is 9.66. The zero-order valence-electron chi connectivity index (χ0n) is 17.1. The second-order valence-electron chi connectivity index (χ2n) is 6.66. The van der Waals surface area contributed by atoms with Gasteiger partial charge in [0.25, 0.3) is 5.56 Å². The molecule has 1 aromatic heterocycles. The zero-order chi connectivity index (χ0) is 22.4. The summed E-state index contributed by atoms with van der Waals surface area (Å²) in [5, 5.41) is 3.14. The summed E-state index contributed by atoms with van der Waals surface area (Å²) in [5.41, 5.74) is 0.870. The Hall–Kier alpha value is -4.01. The minimum Gasteiger partial charge on any atom is -0.465 e. The lowest BCUT2D eigenvalue weighted by atomic mass is 10.1. The normalized spacial score (nSPS) is 10.5. The monoisotopic (exact) mass is 423 g/mol. The summed E-state index contributed by atoms with van der Waals surface area (Å²) in [6.07, 6.45) is 1.91. The predicted octanol–water partition coefficient (Wildman–Crippen LogP) is 2.39. The van der Waals surface area contributed by atoms with Crippen LogP contribution in [0.2, 0.25) is 0 Å². The number of esters is 2. The number of ether oxygens (including phenoxy) is 2. The van der Waals surface area contributed by atoms with Crippen molar-refractivity contribution in [3.05, 3.63) is 70.3 Å². The number of nitrogens with zero attached hydrogens (tertiary/aromatic N) is 2. The Kier molecular flexibility index (Phi) is 6.76. The SMILES string of the molecule is COC(=O)c1ccc(C(=O)OC)c(NC(=O)CCCn2cnc3ccccc3c2=O)c1. The molecule has 1 amide bonds. The van der Waals surface area contributed by atoms with Crippen LogP contribution in [0.3, 0.4) is 0 Å². The Morgan fingerprint density at radius 2 is 1.77 bits per heavy atom. The Bertz CT molecular complexity index is 1200. The topological polar surface area (TPSA) is 117 Å². The highest BCUT2D eigenvalue weighted by atomic mass is 16.5. The third kappa shape index (κ3) is 4.95. The highest BCUT2D eigenvalue weighted by Crippen LogP contribution is 2.20. The Morgan fingerprint density at radius 1 is 1.03 bits per heavy atom. The van der Waals surface area contributed by atoms with Crippen LogP contribution in [-0.2, 0) is 20.8 Å². The van der Waals surface area contributed by atoms with Crippen LogP contribution < -0.4 is 10.9 Å². The van der Waals surface area contributed by atoms with Crippen LogP contribution in [0.1, 0.15) is 33.6 Å². The number of para-hydroxylation sites is 1. The van der Waals surface area contributed by atoms with Crippen molar-refractivity contribution in [1.29, 1.82) is 0 Å². The number of nitrogens with one attached hydrogen (secondary N) is 1. The van der Waals surface area contributed by atoms with E-state index in [1.54, 1.807) is 24.3 Å². The summed E-state index contributed by atoms with van der Waals surface area (Å²) >= 11 is 0. The van der Waals surface area contributed by atoms with Crippen molar-refractivity contribution in [2.24, 2.45) is 0 Å². The number of hydrogen-bond acceptors (Lipinski definition) is 7. The van der Waals surface area contributed by atoms with Gasteiger partial charge in [0.2, 0.25) is 5.91 Å². The molecule has 0 aliphatic heterocycles. The number of rotatable bonds is 7. The van der Waals surface area contributed by atoms with Crippen LogP contribution in [0.15, 0.2) is 53.6 Å². The molecular weight excluding hydrogens is 402 g/mol. The summed E-state index contributed by atoms with van der Waals surface area (Å²) in [6, 6.07) is 11.2. The number of methoxy groups -OCH3 is 2. The maximum atomic E-state index is 12.5. The van der Waals surface area contributed by atoms with Gasteiger partial charge in [-0.3, -0.25) is 14.2 Å². The van der Waals surface area contributed by atoms with Crippen LogP contribution in [0, 0.1) is 0 Å². The van der Waals surface area contributed by atoms with Gasteiger partial charge in [-0.05, 0) is 36.8 Å². The quantitative estimate of drug-likeness (QED) is 0.580. The van der Waals surface area contributed by atoms with Crippen LogP contribution in [0.25, 0.3) is 10.9 Å². The Balaban J connectivity index is 1.69. The molecule has 31 heavy (non-hydrogen) atoms. The molecule has 0 saturated carbocycles. The van der Waals surface area contributed by atoms with Gasteiger partial charge in [-0.1, -0.05) is 12.1 Å². The Morgan fingerprint density at radius 3 is 2.52 bits per heavy atom. The van der Waals surface area contributed by atoms with Gasteiger partial charge in [0.15, 0.2) is 0 Å². The minimum atomic E-state index is -0.652. The maximum absolute atomic E-state index is 12.5. The average molecular weight is 423 g/mol. The number of aromatic nitrogens is 2. The molecular formula is C22H21N3O6. The van der Waals surface area contributed by atoms with Crippen molar-refractivity contribution in [2.75, 3.05) is 19.5 Å². The molecule has 0 atom stereocenters. The number of fused-ring (bicyclic) bond motifs is 1. The second-order valence-corrected chi connectivity index (χ2v) is 6.66. The van der Waals surface area contributed by atoms with E-state index in [1.807, 2.05) is 0 Å². The van der Waals surface area contributed by atoms with E-state index in [-0.39, 0.29) is 34.7 Å². The van der Waals surface area contributed by atoms with Crippen LogP contribution in [0.5, 0.6) is 0 Å². The van der Waals surface area contributed by atoms with Crippen molar-refractivity contribution >= 4 is 34.4 Å². The summed E-state index contributed by atoms with van der Waals surface area (Å²) in [6.45, 7) is 0.302. The molecule has 0 radical (unpaired) electrons. The van der Waals surface area contributed by atoms with Gasteiger partial charge in [-0.15, -0.1) is 0 Å². The number of carbonyl (C=O) groups excluding carboxylic acids is 3. The molecule has 0 fully saturated rings. The molecule has 3 rings (SSSR count). The molecule has 0 bridgehead atoms. The number of amides is 1. The molecule has 2 aromatic carbocycles. The molecule has 9 heteroatoms. The summed E-state index contributed by atoms with van der Waals surface area (Å²) in [5.74, 6) is -1.63. The number of hydrogen-bond donors (Lipinski definition) is 1. The molecule has 160 valence electrons. The summed E-state index contributed by atoms with van der Waals surface area (Å²) in [4.78, 5) is 52.9. The molecule has 1 N–H and O–H groups in total. The number of aryl methyl sites for hydroxylation is 1. The fourth-order valence-corrected chi connectivity index (χ4v) is 3.07. The van der Waals surface area contributed by atoms with Gasteiger partial charge in [-0.2, -0.15) is 0 Å². The highest BCUT2D eigenvalue weighted by molar-refractivity contribution is 6.03.